The summed E-state index contributed by atoms with van der Waals surface area (Å²) in [6, 6.07) is 0.725. The fourth-order valence-electron chi connectivity index (χ4n) is 2.41. The van der Waals surface area contributed by atoms with Gasteiger partial charge in [0.2, 0.25) is 9.84 Å². The van der Waals surface area contributed by atoms with Gasteiger partial charge < -0.3 is 0 Å². The molecular formula is C16H8F10O2S. The molecule has 0 bridgehead atoms. The molecule has 0 spiro atoms. The molecule has 0 atom stereocenters. The Kier molecular flexibility index (Phi) is 5.94. The van der Waals surface area contributed by atoms with Crippen molar-refractivity contribution in [1.82, 2.24) is 0 Å². The summed E-state index contributed by atoms with van der Waals surface area (Å²) in [5.41, 5.74) is -3.37. The number of alkyl halides is 6. The maximum absolute atomic E-state index is 14.3. The van der Waals surface area contributed by atoms with Gasteiger partial charge in [-0.15, -0.1) is 0 Å². The Bertz CT molecular complexity index is 962. The van der Waals surface area contributed by atoms with Crippen LogP contribution in [-0.2, 0) is 22.7 Å². The van der Waals surface area contributed by atoms with E-state index in [1.165, 1.54) is 0 Å². The zero-order chi connectivity index (χ0) is 22.4. The normalized spacial score (nSPS) is 13.0. The van der Waals surface area contributed by atoms with Crippen molar-refractivity contribution in [2.45, 2.75) is 35.0 Å². The van der Waals surface area contributed by atoms with Crippen LogP contribution < -0.4 is 0 Å². The van der Waals surface area contributed by atoms with E-state index in [1.807, 2.05) is 0 Å². The molecule has 160 valence electrons. The summed E-state index contributed by atoms with van der Waals surface area (Å²) >= 11 is 0. The second-order valence-corrected chi connectivity index (χ2v) is 7.65. The fourth-order valence-corrected chi connectivity index (χ4v) is 3.86. The zero-order valence-corrected chi connectivity index (χ0v) is 14.5. The average molecular weight is 454 g/mol. The minimum absolute atomic E-state index is 0.176. The third-order valence-electron chi connectivity index (χ3n) is 3.63. The van der Waals surface area contributed by atoms with E-state index in [1.54, 1.807) is 0 Å². The predicted molar refractivity (Wildman–Crippen MR) is 77.7 cm³/mol. The van der Waals surface area contributed by atoms with E-state index in [0.717, 1.165) is 0 Å². The highest BCUT2D eigenvalue weighted by Gasteiger charge is 2.37. The van der Waals surface area contributed by atoms with Gasteiger partial charge in [-0.05, 0) is 24.3 Å². The Morgan fingerprint density at radius 3 is 1.21 bits per heavy atom. The number of sulfone groups is 1. The van der Waals surface area contributed by atoms with Gasteiger partial charge in [0.15, 0.2) is 0 Å². The summed E-state index contributed by atoms with van der Waals surface area (Å²) in [5, 5.41) is 0. The van der Waals surface area contributed by atoms with Gasteiger partial charge >= 0.3 is 12.4 Å². The molecule has 0 aromatic heterocycles. The quantitative estimate of drug-likeness (QED) is 0.465. The van der Waals surface area contributed by atoms with Crippen molar-refractivity contribution < 1.29 is 52.3 Å². The molecule has 0 N–H and O–H groups in total. The van der Waals surface area contributed by atoms with Crippen LogP contribution in [0.15, 0.2) is 34.1 Å². The molecule has 0 aliphatic rings. The van der Waals surface area contributed by atoms with Crippen molar-refractivity contribution in [2.24, 2.45) is 0 Å². The lowest BCUT2D eigenvalue weighted by Crippen LogP contribution is -2.18. The highest BCUT2D eigenvalue weighted by molar-refractivity contribution is 7.91. The van der Waals surface area contributed by atoms with Crippen LogP contribution in [0.25, 0.3) is 0 Å². The van der Waals surface area contributed by atoms with Crippen LogP contribution in [0.3, 0.4) is 0 Å². The first-order valence-electron chi connectivity index (χ1n) is 7.37. The molecule has 0 fully saturated rings. The van der Waals surface area contributed by atoms with E-state index < -0.39 is 79.2 Å². The van der Waals surface area contributed by atoms with Crippen LogP contribution in [0.2, 0.25) is 0 Å². The van der Waals surface area contributed by atoms with E-state index in [9.17, 15) is 52.3 Å². The monoisotopic (exact) mass is 454 g/mol. The molecule has 2 rings (SSSR count). The zero-order valence-electron chi connectivity index (χ0n) is 13.7. The summed E-state index contributed by atoms with van der Waals surface area (Å²) in [5.74, 6) is -7.86. The molecule has 0 unspecified atom stereocenters. The van der Waals surface area contributed by atoms with Gasteiger partial charge in [-0.2, -0.15) is 26.3 Å². The predicted octanol–water partition coefficient (Wildman–Crippen LogP) is 5.29. The number of hydrogen-bond acceptors (Lipinski definition) is 2. The first-order valence-corrected chi connectivity index (χ1v) is 8.85. The average Bonchev–Trinajstić information content (AvgIpc) is 2.53. The van der Waals surface area contributed by atoms with E-state index in [-0.39, 0.29) is 24.3 Å². The van der Waals surface area contributed by atoms with Gasteiger partial charge in [-0.1, -0.05) is 0 Å². The van der Waals surface area contributed by atoms with Crippen LogP contribution in [0.4, 0.5) is 43.9 Å². The van der Waals surface area contributed by atoms with E-state index in [4.69, 9.17) is 0 Å². The van der Waals surface area contributed by atoms with E-state index in [0.29, 0.717) is 0 Å². The van der Waals surface area contributed by atoms with Crippen molar-refractivity contribution >= 4 is 9.84 Å². The maximum atomic E-state index is 14.3. The Labute approximate surface area is 156 Å². The Hall–Kier alpha value is -2.31. The van der Waals surface area contributed by atoms with E-state index in [2.05, 4.69) is 0 Å². The second kappa shape index (κ2) is 7.50. The van der Waals surface area contributed by atoms with Crippen molar-refractivity contribution in [1.29, 1.82) is 0 Å². The van der Waals surface area contributed by atoms with Gasteiger partial charge in [-0.3, -0.25) is 0 Å². The lowest BCUT2D eigenvalue weighted by atomic mass is 10.1. The van der Waals surface area contributed by atoms with Crippen LogP contribution in [0.1, 0.15) is 11.1 Å². The second-order valence-electron chi connectivity index (χ2n) is 5.76. The third-order valence-corrected chi connectivity index (χ3v) is 5.42. The Morgan fingerprint density at radius 1 is 0.621 bits per heavy atom. The maximum Gasteiger partial charge on any atom is 0.393 e. The summed E-state index contributed by atoms with van der Waals surface area (Å²) in [4.78, 5) is -3.22. The molecule has 0 saturated carbocycles. The first-order chi connectivity index (χ1) is 13.0. The van der Waals surface area contributed by atoms with Crippen LogP contribution in [-0.4, -0.2) is 20.8 Å². The number of benzene rings is 2. The fraction of sp³-hybridized carbons (Fsp3) is 0.250. The number of hydrogen-bond donors (Lipinski definition) is 0. The highest BCUT2D eigenvalue weighted by Crippen LogP contribution is 2.34. The van der Waals surface area contributed by atoms with E-state index >= 15 is 0 Å². The van der Waals surface area contributed by atoms with Crippen LogP contribution in [0.5, 0.6) is 0 Å². The standard InChI is InChI=1S/C16H8F10O2S/c17-9-1-3-11(13(19)7(9)5-15(21,22)23)29(27,28)12-4-2-10(18)8(14(12)20)6-16(24,25)26/h1-4H,5-6H2. The van der Waals surface area contributed by atoms with Crippen LogP contribution >= 0.6 is 0 Å². The summed E-state index contributed by atoms with van der Waals surface area (Å²) in [7, 11) is -5.41. The molecule has 2 aromatic carbocycles. The molecule has 0 amide bonds. The smallest absolute Gasteiger partial charge is 0.218 e. The lowest BCUT2D eigenvalue weighted by Gasteiger charge is -2.14. The third kappa shape index (κ3) is 5.00. The topological polar surface area (TPSA) is 34.1 Å². The lowest BCUT2D eigenvalue weighted by molar-refractivity contribution is -0.129. The molecule has 2 nitrogen and oxygen atoms in total. The molecule has 2 aromatic rings. The molecule has 0 aliphatic heterocycles. The van der Waals surface area contributed by atoms with Crippen molar-refractivity contribution in [3.05, 3.63) is 58.7 Å². The number of halogens is 10. The summed E-state index contributed by atoms with van der Waals surface area (Å²) < 4.78 is 156. The molecular weight excluding hydrogens is 446 g/mol. The van der Waals surface area contributed by atoms with Crippen molar-refractivity contribution in [3.8, 4) is 0 Å². The molecule has 13 heteroatoms. The minimum Gasteiger partial charge on any atom is -0.218 e. The largest absolute Gasteiger partial charge is 0.393 e. The minimum atomic E-state index is -5.41. The SMILES string of the molecule is O=S(=O)(c1ccc(F)c(CC(F)(F)F)c1F)c1ccc(F)c(CC(F)(F)F)c1F. The molecule has 0 aliphatic carbocycles. The number of rotatable bonds is 4. The molecule has 0 heterocycles. The summed E-state index contributed by atoms with van der Waals surface area (Å²) in [6.45, 7) is 0. The van der Waals surface area contributed by atoms with Gasteiger partial charge in [-0.25, -0.2) is 26.0 Å². The van der Waals surface area contributed by atoms with Crippen molar-refractivity contribution in [2.75, 3.05) is 0 Å². The Morgan fingerprint density at radius 2 is 0.931 bits per heavy atom. The van der Waals surface area contributed by atoms with Gasteiger partial charge in [0.1, 0.15) is 33.1 Å². The summed E-state index contributed by atoms with van der Waals surface area (Å²) in [6.07, 6.45) is -14.7. The van der Waals surface area contributed by atoms with Gasteiger partial charge in [0, 0.05) is 11.1 Å². The first kappa shape index (κ1) is 23.0. The van der Waals surface area contributed by atoms with Gasteiger partial charge in [0.05, 0.1) is 12.8 Å². The molecule has 29 heavy (non-hydrogen) atoms. The van der Waals surface area contributed by atoms with Crippen molar-refractivity contribution in [3.63, 3.8) is 0 Å². The molecule has 0 saturated heterocycles. The highest BCUT2D eigenvalue weighted by atomic mass is 32.2. The van der Waals surface area contributed by atoms with Crippen LogP contribution in [0, 0.1) is 23.3 Å². The molecule has 0 radical (unpaired) electrons. The van der Waals surface area contributed by atoms with Gasteiger partial charge in [0.25, 0.3) is 0 Å². The Balaban J connectivity index is 2.69.